The van der Waals surface area contributed by atoms with Crippen molar-refractivity contribution in [3.8, 4) is 17.2 Å². The summed E-state index contributed by atoms with van der Waals surface area (Å²) in [6.45, 7) is 1.60. The Morgan fingerprint density at radius 3 is 1.73 bits per heavy atom. The molecule has 51 heavy (non-hydrogen) atoms. The first-order chi connectivity index (χ1) is 24.4. The van der Waals surface area contributed by atoms with Gasteiger partial charge in [-0.05, 0) is 61.6 Å². The smallest absolute Gasteiger partial charge is 0.350 e. The number of ether oxygens (including phenoxy) is 3. The molecule has 4 rings (SSSR count). The number of nitrogens with zero attached hydrogens (tertiary/aromatic N) is 1. The summed E-state index contributed by atoms with van der Waals surface area (Å²) in [7, 11) is 4.52. The summed E-state index contributed by atoms with van der Waals surface area (Å²) in [5.74, 6) is -5.88. The third-order valence-corrected chi connectivity index (χ3v) is 8.66. The maximum atomic E-state index is 14.5. The zero-order valence-electron chi connectivity index (χ0n) is 28.8. The molecule has 0 amide bonds. The van der Waals surface area contributed by atoms with Crippen molar-refractivity contribution in [3.05, 3.63) is 125 Å². The number of hydrogen-bond acceptors (Lipinski definition) is 10. The largest absolute Gasteiger partial charge is 0.497 e. The van der Waals surface area contributed by atoms with Gasteiger partial charge < -0.3 is 29.5 Å². The van der Waals surface area contributed by atoms with Gasteiger partial charge in [-0.1, -0.05) is 78.9 Å². The fourth-order valence-corrected chi connectivity index (χ4v) is 5.68. The Bertz CT molecular complexity index is 1810. The van der Waals surface area contributed by atoms with Crippen LogP contribution >= 0.6 is 0 Å². The van der Waals surface area contributed by atoms with E-state index in [4.69, 9.17) is 19.0 Å². The number of aryl methyl sites for hydroxylation is 1. The van der Waals surface area contributed by atoms with Crippen molar-refractivity contribution in [2.75, 3.05) is 27.9 Å². The quantitative estimate of drug-likeness (QED) is 0.0688. The van der Waals surface area contributed by atoms with Gasteiger partial charge in [0, 0.05) is 23.7 Å². The normalized spacial score (nSPS) is 14.1. The second-order valence-electron chi connectivity index (χ2n) is 11.8. The maximum absolute atomic E-state index is 14.5. The molecule has 12 heteroatoms. The van der Waals surface area contributed by atoms with Crippen LogP contribution in [0.3, 0.4) is 0 Å². The highest BCUT2D eigenvalue weighted by Crippen LogP contribution is 2.37. The van der Waals surface area contributed by atoms with Crippen LogP contribution in [-0.4, -0.2) is 89.0 Å². The SMILES string of the molecule is COc1ccc(CCC(C)N(CCc2ccc(OC)c(OC)c2)OC(C(=O)O)(C(=O)c2ccccc2)C(O)(C(=O)O)C(=O)c2ccccc2)cc1. The molecular formula is C39H41NO11. The topological polar surface area (TPSA) is 169 Å². The van der Waals surface area contributed by atoms with E-state index in [0.717, 1.165) is 10.6 Å². The number of benzene rings is 4. The lowest BCUT2D eigenvalue weighted by Gasteiger charge is -2.42. The Morgan fingerprint density at radius 1 is 0.667 bits per heavy atom. The van der Waals surface area contributed by atoms with Gasteiger partial charge in [-0.2, -0.15) is 5.06 Å². The fourth-order valence-electron chi connectivity index (χ4n) is 5.68. The van der Waals surface area contributed by atoms with Crippen LogP contribution < -0.4 is 14.2 Å². The Kier molecular flexibility index (Phi) is 12.7. The molecule has 0 aliphatic rings. The van der Waals surface area contributed by atoms with E-state index in [1.807, 2.05) is 12.1 Å². The lowest BCUT2D eigenvalue weighted by Crippen LogP contribution is -2.74. The summed E-state index contributed by atoms with van der Waals surface area (Å²) in [6.07, 6.45) is 0.965. The number of carbonyl (C=O) groups excluding carboxylic acids is 2. The van der Waals surface area contributed by atoms with Crippen molar-refractivity contribution in [2.24, 2.45) is 0 Å². The Labute approximate surface area is 295 Å². The molecule has 0 fully saturated rings. The minimum absolute atomic E-state index is 0.106. The zero-order chi connectivity index (χ0) is 37.2. The number of ketones is 2. The molecule has 3 unspecified atom stereocenters. The number of methoxy groups -OCH3 is 3. The Morgan fingerprint density at radius 2 is 1.22 bits per heavy atom. The summed E-state index contributed by atoms with van der Waals surface area (Å²) in [5, 5.41) is 34.8. The van der Waals surface area contributed by atoms with Crippen molar-refractivity contribution in [1.82, 2.24) is 5.06 Å². The van der Waals surface area contributed by atoms with Crippen LogP contribution in [0.5, 0.6) is 17.2 Å². The molecule has 0 heterocycles. The van der Waals surface area contributed by atoms with Gasteiger partial charge >= 0.3 is 11.9 Å². The zero-order valence-corrected chi connectivity index (χ0v) is 28.8. The highest BCUT2D eigenvalue weighted by atomic mass is 16.7. The van der Waals surface area contributed by atoms with E-state index >= 15 is 0 Å². The van der Waals surface area contributed by atoms with Crippen molar-refractivity contribution in [1.29, 1.82) is 0 Å². The van der Waals surface area contributed by atoms with Crippen LogP contribution in [0.1, 0.15) is 45.2 Å². The molecule has 0 radical (unpaired) electrons. The molecule has 3 atom stereocenters. The standard InChI is InChI=1S/C39H41NO11/c1-26(15-16-27-17-20-31(48-2)21-18-27)40(24-23-28-19-22-32(49-3)33(25-28)50-4)51-39(37(45)46,35(42)30-13-9-6-10-14-30)38(47,36(43)44)34(41)29-11-7-5-8-12-29/h5-14,17-22,25-26,47H,15-16,23-24H2,1-4H3,(H,43,44)(H,45,46). The van der Waals surface area contributed by atoms with Crippen LogP contribution in [0.15, 0.2) is 103 Å². The summed E-state index contributed by atoms with van der Waals surface area (Å²) >= 11 is 0. The van der Waals surface area contributed by atoms with Crippen LogP contribution in [0.25, 0.3) is 0 Å². The van der Waals surface area contributed by atoms with Gasteiger partial charge in [-0.25, -0.2) is 9.59 Å². The highest BCUT2D eigenvalue weighted by Gasteiger charge is 2.73. The number of rotatable bonds is 19. The first-order valence-electron chi connectivity index (χ1n) is 16.1. The monoisotopic (exact) mass is 699 g/mol. The van der Waals surface area contributed by atoms with Crippen LogP contribution in [0.4, 0.5) is 0 Å². The molecule has 0 saturated carbocycles. The molecule has 12 nitrogen and oxygen atoms in total. The van der Waals surface area contributed by atoms with E-state index in [9.17, 15) is 34.5 Å². The van der Waals surface area contributed by atoms with Crippen LogP contribution in [-0.2, 0) is 27.3 Å². The van der Waals surface area contributed by atoms with Gasteiger partial charge in [0.2, 0.25) is 11.6 Å². The predicted octanol–water partition coefficient (Wildman–Crippen LogP) is 4.91. The highest BCUT2D eigenvalue weighted by molar-refractivity contribution is 6.28. The van der Waals surface area contributed by atoms with Crippen LogP contribution in [0, 0.1) is 0 Å². The van der Waals surface area contributed by atoms with Gasteiger partial charge in [0.15, 0.2) is 11.5 Å². The third kappa shape index (κ3) is 8.09. The maximum Gasteiger partial charge on any atom is 0.350 e. The van der Waals surface area contributed by atoms with E-state index in [1.54, 1.807) is 56.5 Å². The summed E-state index contributed by atoms with van der Waals surface area (Å²) in [6, 6.07) is 25.5. The summed E-state index contributed by atoms with van der Waals surface area (Å²) < 4.78 is 16.0. The molecule has 4 aromatic rings. The minimum atomic E-state index is -3.94. The van der Waals surface area contributed by atoms with E-state index in [2.05, 4.69) is 0 Å². The van der Waals surface area contributed by atoms with Gasteiger partial charge in [0.25, 0.3) is 11.2 Å². The first kappa shape index (κ1) is 38.2. The summed E-state index contributed by atoms with van der Waals surface area (Å²) in [4.78, 5) is 61.3. The van der Waals surface area contributed by atoms with Crippen LogP contribution in [0.2, 0.25) is 0 Å². The molecule has 268 valence electrons. The average Bonchev–Trinajstić information content (AvgIpc) is 3.16. The molecule has 0 saturated heterocycles. The number of hydroxylamine groups is 2. The molecule has 0 spiro atoms. The number of carboxylic acid groups (broad SMARTS) is 2. The molecule has 0 aliphatic heterocycles. The number of carboxylic acids is 2. The third-order valence-electron chi connectivity index (χ3n) is 8.66. The molecule has 0 aliphatic carbocycles. The van der Waals surface area contributed by atoms with Crippen molar-refractivity contribution >= 4 is 23.5 Å². The van der Waals surface area contributed by atoms with Crippen molar-refractivity contribution < 1.29 is 53.5 Å². The van der Waals surface area contributed by atoms with E-state index in [-0.39, 0.29) is 24.1 Å². The second kappa shape index (κ2) is 16.9. The van der Waals surface area contributed by atoms with Gasteiger partial charge in [0.1, 0.15) is 5.75 Å². The molecule has 4 aromatic carbocycles. The number of Topliss-reactive ketones (excluding diaryl/α,β-unsaturated/α-hetero) is 2. The molecule has 3 N–H and O–H groups in total. The molecular weight excluding hydrogens is 658 g/mol. The number of carbonyl (C=O) groups is 4. The lowest BCUT2D eigenvalue weighted by molar-refractivity contribution is -0.279. The summed E-state index contributed by atoms with van der Waals surface area (Å²) in [5.41, 5.74) is -6.67. The van der Waals surface area contributed by atoms with Gasteiger partial charge in [-0.3, -0.25) is 14.4 Å². The van der Waals surface area contributed by atoms with Gasteiger partial charge in [0.05, 0.1) is 21.3 Å². The van der Waals surface area contributed by atoms with Crippen molar-refractivity contribution in [3.63, 3.8) is 0 Å². The van der Waals surface area contributed by atoms with E-state index < -0.39 is 40.7 Å². The Balaban J connectivity index is 1.86. The fraction of sp³-hybridized carbons (Fsp3) is 0.282. The first-order valence-corrected chi connectivity index (χ1v) is 16.1. The number of aliphatic carboxylic acids is 2. The van der Waals surface area contributed by atoms with E-state index in [0.29, 0.717) is 35.7 Å². The average molecular weight is 700 g/mol. The lowest BCUT2D eigenvalue weighted by atomic mass is 9.73. The molecule has 0 aromatic heterocycles. The molecule has 0 bridgehead atoms. The van der Waals surface area contributed by atoms with Crippen molar-refractivity contribution in [2.45, 2.75) is 43.4 Å². The number of hydrogen-bond donors (Lipinski definition) is 3. The second-order valence-corrected chi connectivity index (χ2v) is 11.8. The minimum Gasteiger partial charge on any atom is -0.497 e. The predicted molar refractivity (Wildman–Crippen MR) is 186 cm³/mol. The Hall–Kier alpha value is -5.56. The van der Waals surface area contributed by atoms with E-state index in [1.165, 1.54) is 62.8 Å². The van der Waals surface area contributed by atoms with Gasteiger partial charge in [-0.15, -0.1) is 0 Å². The number of aliphatic hydroxyl groups is 1.